The summed E-state index contributed by atoms with van der Waals surface area (Å²) >= 11 is 3.40. The van der Waals surface area contributed by atoms with Crippen LogP contribution in [-0.4, -0.2) is 11.7 Å². The lowest BCUT2D eigenvalue weighted by molar-refractivity contribution is 0.350. The molecule has 1 aliphatic rings. The van der Waals surface area contributed by atoms with E-state index in [1.807, 2.05) is 25.2 Å². The molecule has 0 aliphatic heterocycles. The van der Waals surface area contributed by atoms with Crippen LogP contribution in [0, 0.1) is 11.8 Å². The van der Waals surface area contributed by atoms with Crippen LogP contribution in [0.3, 0.4) is 0 Å². The Morgan fingerprint density at radius 1 is 1.54 bits per heavy atom. The van der Waals surface area contributed by atoms with Crippen molar-refractivity contribution in [3.05, 3.63) is 39.6 Å². The Morgan fingerprint density at radius 2 is 2.31 bits per heavy atom. The van der Waals surface area contributed by atoms with Gasteiger partial charge in [-0.25, -0.2) is 0 Å². The van der Waals surface area contributed by atoms with Gasteiger partial charge in [0.1, 0.15) is 6.61 Å². The van der Waals surface area contributed by atoms with E-state index >= 15 is 0 Å². The van der Waals surface area contributed by atoms with Gasteiger partial charge in [0.25, 0.3) is 0 Å². The zero-order valence-corrected chi connectivity index (χ0v) is 8.85. The molecule has 0 saturated heterocycles. The van der Waals surface area contributed by atoms with Gasteiger partial charge < -0.3 is 5.11 Å². The van der Waals surface area contributed by atoms with Crippen LogP contribution < -0.4 is 0 Å². The van der Waals surface area contributed by atoms with Gasteiger partial charge in [0.15, 0.2) is 0 Å². The molecule has 0 bridgehead atoms. The second-order valence-corrected chi connectivity index (χ2v) is 3.36. The molecule has 0 aromatic carbocycles. The highest BCUT2D eigenvalue weighted by molar-refractivity contribution is 9.12. The summed E-state index contributed by atoms with van der Waals surface area (Å²) in [6.07, 6.45) is 5.62. The lowest BCUT2D eigenvalue weighted by Gasteiger charge is -1.89. The van der Waals surface area contributed by atoms with Crippen molar-refractivity contribution in [2.45, 2.75) is 6.92 Å². The summed E-state index contributed by atoms with van der Waals surface area (Å²) in [6.45, 7) is 1.85. The summed E-state index contributed by atoms with van der Waals surface area (Å²) in [5, 5.41) is 8.51. The average molecular weight is 237 g/mol. The normalized spacial score (nSPS) is 14.8. The van der Waals surface area contributed by atoms with E-state index in [4.69, 9.17) is 5.11 Å². The van der Waals surface area contributed by atoms with E-state index in [1.54, 1.807) is 0 Å². The highest BCUT2D eigenvalue weighted by atomic mass is 79.9. The van der Waals surface area contributed by atoms with Gasteiger partial charge in [-0.2, -0.15) is 0 Å². The molecular formula is C11H9BrO. The van der Waals surface area contributed by atoms with Gasteiger partial charge >= 0.3 is 0 Å². The molecule has 1 N–H and O–H groups in total. The molecular weight excluding hydrogens is 228 g/mol. The minimum Gasteiger partial charge on any atom is -0.384 e. The number of hydrogen-bond donors (Lipinski definition) is 1. The fourth-order valence-corrected chi connectivity index (χ4v) is 1.06. The van der Waals surface area contributed by atoms with Crippen molar-refractivity contribution in [1.29, 1.82) is 0 Å². The lowest BCUT2D eigenvalue weighted by Crippen LogP contribution is -1.74. The molecule has 0 radical (unpaired) electrons. The lowest BCUT2D eigenvalue weighted by atomic mass is 10.2. The van der Waals surface area contributed by atoms with E-state index in [-0.39, 0.29) is 6.61 Å². The number of aliphatic hydroxyl groups is 1. The fourth-order valence-electron chi connectivity index (χ4n) is 0.810. The van der Waals surface area contributed by atoms with Crippen LogP contribution in [0.5, 0.6) is 0 Å². The van der Waals surface area contributed by atoms with Gasteiger partial charge in [-0.3, -0.25) is 0 Å². The quantitative estimate of drug-likeness (QED) is 0.506. The highest BCUT2D eigenvalue weighted by Crippen LogP contribution is 2.18. The zero-order chi connectivity index (χ0) is 9.68. The van der Waals surface area contributed by atoms with Crippen LogP contribution in [0.4, 0.5) is 0 Å². The largest absolute Gasteiger partial charge is 0.384 e. The molecule has 0 unspecified atom stereocenters. The van der Waals surface area contributed by atoms with Crippen LogP contribution in [0.15, 0.2) is 39.6 Å². The maximum atomic E-state index is 8.51. The van der Waals surface area contributed by atoms with E-state index in [1.165, 1.54) is 0 Å². The topological polar surface area (TPSA) is 20.2 Å². The fraction of sp³-hybridized carbons (Fsp3) is 0.182. The molecule has 13 heavy (non-hydrogen) atoms. The molecule has 66 valence electrons. The summed E-state index contributed by atoms with van der Waals surface area (Å²) in [5.41, 5.74) is 4.97. The van der Waals surface area contributed by atoms with Gasteiger partial charge in [-0.05, 0) is 41.1 Å². The van der Waals surface area contributed by atoms with E-state index in [9.17, 15) is 0 Å². The second kappa shape index (κ2) is 4.89. The molecule has 0 spiro atoms. The summed E-state index contributed by atoms with van der Waals surface area (Å²) in [6, 6.07) is 0. The Bertz CT molecular complexity index is 382. The smallest absolute Gasteiger partial charge is 0.104 e. The van der Waals surface area contributed by atoms with Crippen LogP contribution >= 0.6 is 15.9 Å². The maximum Gasteiger partial charge on any atom is 0.104 e. The maximum absolute atomic E-state index is 8.51. The van der Waals surface area contributed by atoms with Gasteiger partial charge in [0.2, 0.25) is 0 Å². The summed E-state index contributed by atoms with van der Waals surface area (Å²) in [4.78, 5) is 0. The van der Waals surface area contributed by atoms with Crippen molar-refractivity contribution in [3.63, 3.8) is 0 Å². The first-order valence-corrected chi connectivity index (χ1v) is 4.64. The molecule has 0 amide bonds. The Labute approximate surface area is 86.3 Å². The number of hydrogen-bond acceptors (Lipinski definition) is 1. The Balaban J connectivity index is 2.99. The van der Waals surface area contributed by atoms with Crippen molar-refractivity contribution in [3.8, 4) is 11.8 Å². The van der Waals surface area contributed by atoms with Gasteiger partial charge in [0.05, 0.1) is 0 Å². The van der Waals surface area contributed by atoms with Crippen molar-refractivity contribution in [2.24, 2.45) is 0 Å². The minimum absolute atomic E-state index is 0.112. The number of halogens is 1. The number of allylic oxidation sites excluding steroid dienone is 5. The monoisotopic (exact) mass is 236 g/mol. The average Bonchev–Trinajstić information content (AvgIpc) is 2.29. The van der Waals surface area contributed by atoms with Gasteiger partial charge in [-0.1, -0.05) is 11.8 Å². The first kappa shape index (κ1) is 10.1. The Morgan fingerprint density at radius 3 is 3.00 bits per heavy atom. The Hall–Kier alpha value is -1.00. The van der Waals surface area contributed by atoms with Crippen LogP contribution in [0.1, 0.15) is 6.92 Å². The van der Waals surface area contributed by atoms with Crippen LogP contribution in [0.25, 0.3) is 0 Å². The SMILES string of the molecule is CC1=C=CC(C#CCO)=CC=C1Br. The van der Waals surface area contributed by atoms with Crippen LogP contribution in [-0.2, 0) is 0 Å². The Kier molecular flexibility index (Phi) is 3.79. The molecule has 0 aromatic rings. The minimum atomic E-state index is -0.112. The first-order chi connectivity index (χ1) is 6.24. The molecule has 0 aromatic heterocycles. The predicted octanol–water partition coefficient (Wildman–Crippen LogP) is 2.30. The molecule has 0 fully saturated rings. The molecule has 1 aliphatic carbocycles. The van der Waals surface area contributed by atoms with Crippen LogP contribution in [0.2, 0.25) is 0 Å². The third kappa shape index (κ3) is 3.08. The van der Waals surface area contributed by atoms with E-state index in [0.29, 0.717) is 0 Å². The van der Waals surface area contributed by atoms with Crippen molar-refractivity contribution >= 4 is 15.9 Å². The van der Waals surface area contributed by atoms with Gasteiger partial charge in [0, 0.05) is 15.6 Å². The van der Waals surface area contributed by atoms with Crippen molar-refractivity contribution < 1.29 is 5.11 Å². The molecule has 1 rings (SSSR count). The molecule has 2 heteroatoms. The molecule has 0 heterocycles. The zero-order valence-electron chi connectivity index (χ0n) is 7.26. The predicted molar refractivity (Wildman–Crippen MR) is 57.2 cm³/mol. The standard InChI is InChI=1S/C11H9BrO/c1-9-4-5-10(3-2-8-13)6-7-11(9)12/h5-7,13H,8H2,1H3. The van der Waals surface area contributed by atoms with E-state index < -0.39 is 0 Å². The second-order valence-electron chi connectivity index (χ2n) is 2.51. The highest BCUT2D eigenvalue weighted by Gasteiger charge is 1.95. The summed E-state index contributed by atoms with van der Waals surface area (Å²) in [5.74, 6) is 5.40. The summed E-state index contributed by atoms with van der Waals surface area (Å²) in [7, 11) is 0. The summed E-state index contributed by atoms with van der Waals surface area (Å²) < 4.78 is 1.00. The number of aliphatic hydroxyl groups excluding tert-OH is 1. The van der Waals surface area contributed by atoms with E-state index in [2.05, 4.69) is 33.5 Å². The van der Waals surface area contributed by atoms with Gasteiger partial charge in [-0.15, -0.1) is 5.73 Å². The third-order valence-corrected chi connectivity index (χ3v) is 2.38. The number of rotatable bonds is 0. The molecule has 0 atom stereocenters. The third-order valence-electron chi connectivity index (χ3n) is 1.52. The molecule has 0 saturated carbocycles. The van der Waals surface area contributed by atoms with Crippen molar-refractivity contribution in [1.82, 2.24) is 0 Å². The molecule has 1 nitrogen and oxygen atoms in total. The van der Waals surface area contributed by atoms with Crippen molar-refractivity contribution in [2.75, 3.05) is 6.61 Å². The first-order valence-electron chi connectivity index (χ1n) is 3.85. The van der Waals surface area contributed by atoms with E-state index in [0.717, 1.165) is 15.6 Å².